The number of nitrogens with two attached hydrogens (primary N) is 1. The summed E-state index contributed by atoms with van der Waals surface area (Å²) in [5.74, 6) is 1.17. The molecule has 0 saturated heterocycles. The number of nitrogens with one attached hydrogen (secondary N) is 1. The van der Waals surface area contributed by atoms with E-state index >= 15 is 0 Å². The molecule has 1 unspecified atom stereocenters. The molecule has 92 valence electrons. The van der Waals surface area contributed by atoms with Gasteiger partial charge in [0, 0.05) is 24.2 Å². The van der Waals surface area contributed by atoms with Crippen molar-refractivity contribution in [2.45, 2.75) is 19.4 Å². The van der Waals surface area contributed by atoms with Crippen LogP contribution in [0.1, 0.15) is 13.3 Å². The van der Waals surface area contributed by atoms with E-state index in [0.29, 0.717) is 19.6 Å². The SMILES string of the molecule is CC(CC(N)=O)Nc1ccc2c(c1)OCCO2. The Balaban J connectivity index is 2.04. The van der Waals surface area contributed by atoms with Gasteiger partial charge in [-0.3, -0.25) is 4.79 Å². The van der Waals surface area contributed by atoms with Gasteiger partial charge in [0.1, 0.15) is 13.2 Å². The number of hydrogen-bond donors (Lipinski definition) is 2. The standard InChI is InChI=1S/C12H16N2O3/c1-8(6-12(13)15)14-9-2-3-10-11(7-9)17-5-4-16-10/h2-3,7-8,14H,4-6H2,1H3,(H2,13,15). The van der Waals surface area contributed by atoms with Crippen LogP contribution >= 0.6 is 0 Å². The number of rotatable bonds is 4. The Bertz CT molecular complexity index is 420. The third-order valence-corrected chi connectivity index (χ3v) is 2.46. The van der Waals surface area contributed by atoms with Gasteiger partial charge in [-0.15, -0.1) is 0 Å². The normalized spacial score (nSPS) is 15.1. The van der Waals surface area contributed by atoms with Crippen molar-refractivity contribution in [1.29, 1.82) is 0 Å². The van der Waals surface area contributed by atoms with E-state index in [1.54, 1.807) is 0 Å². The van der Waals surface area contributed by atoms with E-state index in [-0.39, 0.29) is 11.9 Å². The molecule has 0 fully saturated rings. The van der Waals surface area contributed by atoms with Gasteiger partial charge in [-0.05, 0) is 19.1 Å². The third-order valence-electron chi connectivity index (χ3n) is 2.46. The van der Waals surface area contributed by atoms with E-state index in [1.807, 2.05) is 25.1 Å². The van der Waals surface area contributed by atoms with Crippen molar-refractivity contribution >= 4 is 11.6 Å². The predicted octanol–water partition coefficient (Wildman–Crippen LogP) is 1.13. The second-order valence-electron chi connectivity index (χ2n) is 4.07. The maximum Gasteiger partial charge on any atom is 0.219 e. The van der Waals surface area contributed by atoms with Gasteiger partial charge < -0.3 is 20.5 Å². The van der Waals surface area contributed by atoms with Crippen LogP contribution < -0.4 is 20.5 Å². The molecule has 5 nitrogen and oxygen atoms in total. The average Bonchev–Trinajstić information content (AvgIpc) is 2.27. The van der Waals surface area contributed by atoms with E-state index in [1.165, 1.54) is 0 Å². The highest BCUT2D eigenvalue weighted by molar-refractivity contribution is 5.75. The number of ether oxygens (including phenoxy) is 2. The van der Waals surface area contributed by atoms with Crippen LogP contribution in [0.5, 0.6) is 11.5 Å². The Morgan fingerprint density at radius 3 is 2.82 bits per heavy atom. The second kappa shape index (κ2) is 4.95. The smallest absolute Gasteiger partial charge is 0.219 e. The highest BCUT2D eigenvalue weighted by atomic mass is 16.6. The summed E-state index contributed by atoms with van der Waals surface area (Å²) in [7, 11) is 0. The number of primary amides is 1. The number of anilines is 1. The Hall–Kier alpha value is -1.91. The second-order valence-corrected chi connectivity index (χ2v) is 4.07. The van der Waals surface area contributed by atoms with Crippen LogP contribution in [-0.4, -0.2) is 25.2 Å². The molecule has 5 heteroatoms. The molecule has 0 saturated carbocycles. The van der Waals surface area contributed by atoms with Crippen molar-refractivity contribution in [1.82, 2.24) is 0 Å². The van der Waals surface area contributed by atoms with Crippen LogP contribution in [0.2, 0.25) is 0 Å². The summed E-state index contributed by atoms with van der Waals surface area (Å²) >= 11 is 0. The average molecular weight is 236 g/mol. The van der Waals surface area contributed by atoms with Crippen LogP contribution in [0.25, 0.3) is 0 Å². The Morgan fingerprint density at radius 1 is 1.41 bits per heavy atom. The maximum absolute atomic E-state index is 10.8. The minimum Gasteiger partial charge on any atom is -0.486 e. The molecule has 1 aromatic rings. The summed E-state index contributed by atoms with van der Waals surface area (Å²) in [4.78, 5) is 10.8. The van der Waals surface area contributed by atoms with E-state index in [9.17, 15) is 4.79 Å². The molecule has 0 aliphatic carbocycles. The number of benzene rings is 1. The van der Waals surface area contributed by atoms with Gasteiger partial charge in [0.2, 0.25) is 5.91 Å². The van der Waals surface area contributed by atoms with Crippen LogP contribution in [0.15, 0.2) is 18.2 Å². The summed E-state index contributed by atoms with van der Waals surface area (Å²) in [6.07, 6.45) is 0.300. The fraction of sp³-hybridized carbons (Fsp3) is 0.417. The third kappa shape index (κ3) is 3.03. The Morgan fingerprint density at radius 2 is 2.12 bits per heavy atom. The maximum atomic E-state index is 10.8. The molecule has 1 aliphatic rings. The van der Waals surface area contributed by atoms with Crippen LogP contribution in [0.3, 0.4) is 0 Å². The van der Waals surface area contributed by atoms with Gasteiger partial charge in [-0.2, -0.15) is 0 Å². The molecular weight excluding hydrogens is 220 g/mol. The molecule has 3 N–H and O–H groups in total. The molecule has 1 heterocycles. The Kier molecular flexibility index (Phi) is 3.37. The van der Waals surface area contributed by atoms with Crippen molar-refractivity contribution in [3.8, 4) is 11.5 Å². The number of hydrogen-bond acceptors (Lipinski definition) is 4. The molecule has 1 atom stereocenters. The zero-order valence-electron chi connectivity index (χ0n) is 9.73. The molecule has 2 rings (SSSR count). The molecule has 1 aliphatic heterocycles. The minimum absolute atomic E-state index is 0.00458. The molecule has 0 aromatic heterocycles. The zero-order chi connectivity index (χ0) is 12.3. The number of carbonyl (C=O) groups is 1. The van der Waals surface area contributed by atoms with Crippen molar-refractivity contribution in [3.05, 3.63) is 18.2 Å². The van der Waals surface area contributed by atoms with Crippen LogP contribution in [-0.2, 0) is 4.79 Å². The predicted molar refractivity (Wildman–Crippen MR) is 64.3 cm³/mol. The fourth-order valence-electron chi connectivity index (χ4n) is 1.77. The van der Waals surface area contributed by atoms with Gasteiger partial charge in [-0.1, -0.05) is 0 Å². The molecule has 0 radical (unpaired) electrons. The number of amides is 1. The number of fused-ring (bicyclic) bond motifs is 1. The summed E-state index contributed by atoms with van der Waals surface area (Å²) in [5, 5.41) is 3.19. The molecule has 17 heavy (non-hydrogen) atoms. The van der Waals surface area contributed by atoms with Crippen molar-refractivity contribution < 1.29 is 14.3 Å². The summed E-state index contributed by atoms with van der Waals surface area (Å²) in [6, 6.07) is 5.61. The first-order chi connectivity index (χ1) is 8.15. The van der Waals surface area contributed by atoms with Crippen molar-refractivity contribution in [3.63, 3.8) is 0 Å². The lowest BCUT2D eigenvalue weighted by atomic mass is 10.2. The van der Waals surface area contributed by atoms with Gasteiger partial charge >= 0.3 is 0 Å². The number of carbonyl (C=O) groups excluding carboxylic acids is 1. The largest absolute Gasteiger partial charge is 0.486 e. The fourth-order valence-corrected chi connectivity index (χ4v) is 1.77. The molecular formula is C12H16N2O3. The molecule has 1 aromatic carbocycles. The zero-order valence-corrected chi connectivity index (χ0v) is 9.73. The van der Waals surface area contributed by atoms with E-state index in [0.717, 1.165) is 17.2 Å². The quantitative estimate of drug-likeness (QED) is 0.822. The monoisotopic (exact) mass is 236 g/mol. The molecule has 0 bridgehead atoms. The van der Waals surface area contributed by atoms with Gasteiger partial charge in [0.05, 0.1) is 0 Å². The lowest BCUT2D eigenvalue weighted by Gasteiger charge is -2.20. The highest BCUT2D eigenvalue weighted by Crippen LogP contribution is 2.32. The van der Waals surface area contributed by atoms with Crippen LogP contribution in [0, 0.1) is 0 Å². The lowest BCUT2D eigenvalue weighted by Crippen LogP contribution is -2.24. The topological polar surface area (TPSA) is 73.6 Å². The van der Waals surface area contributed by atoms with Gasteiger partial charge in [0.15, 0.2) is 11.5 Å². The van der Waals surface area contributed by atoms with E-state index in [4.69, 9.17) is 15.2 Å². The van der Waals surface area contributed by atoms with Crippen LogP contribution in [0.4, 0.5) is 5.69 Å². The minimum atomic E-state index is -0.317. The van der Waals surface area contributed by atoms with E-state index < -0.39 is 0 Å². The lowest BCUT2D eigenvalue weighted by molar-refractivity contribution is -0.118. The first-order valence-electron chi connectivity index (χ1n) is 5.59. The first kappa shape index (κ1) is 11.6. The van der Waals surface area contributed by atoms with Crippen molar-refractivity contribution in [2.24, 2.45) is 5.73 Å². The van der Waals surface area contributed by atoms with Gasteiger partial charge in [0.25, 0.3) is 0 Å². The van der Waals surface area contributed by atoms with Crippen molar-refractivity contribution in [2.75, 3.05) is 18.5 Å². The summed E-state index contributed by atoms with van der Waals surface area (Å²) in [6.45, 7) is 3.05. The molecule has 1 amide bonds. The Labute approximate surface area is 99.9 Å². The summed E-state index contributed by atoms with van der Waals surface area (Å²) in [5.41, 5.74) is 6.03. The van der Waals surface area contributed by atoms with Gasteiger partial charge in [-0.25, -0.2) is 0 Å². The highest BCUT2D eigenvalue weighted by Gasteiger charge is 2.13. The molecule has 0 spiro atoms. The first-order valence-corrected chi connectivity index (χ1v) is 5.59. The summed E-state index contributed by atoms with van der Waals surface area (Å²) < 4.78 is 10.9. The van der Waals surface area contributed by atoms with E-state index in [2.05, 4.69) is 5.32 Å².